The minimum absolute atomic E-state index is 0.0324. The smallest absolute Gasteiger partial charge is 0.0541 e. The molecule has 1 heterocycles. The summed E-state index contributed by atoms with van der Waals surface area (Å²) in [5, 5.41) is 13.1. The number of aromatic nitrogens is 1. The van der Waals surface area contributed by atoms with Gasteiger partial charge < -0.3 is 4.57 Å². The third-order valence-electron chi connectivity index (χ3n) is 11.5. The molecule has 0 atom stereocenters. The molecule has 0 unspecified atom stereocenters. The normalized spacial score (nSPS) is 13.6. The van der Waals surface area contributed by atoms with Gasteiger partial charge in [0.2, 0.25) is 0 Å². The largest absolute Gasteiger partial charge is 0.309 e. The Morgan fingerprint density at radius 2 is 0.900 bits per heavy atom. The SMILES string of the molecule is CC1(C)c2cccc3cc(-c4c5ccccc5c(-c5cccc(-n6c7ccccc7c7ccccc76)c5)c5ccccc45)c4cccc1c4c23. The van der Waals surface area contributed by atoms with Crippen LogP contribution in [0.3, 0.4) is 0 Å². The van der Waals surface area contributed by atoms with E-state index in [9.17, 15) is 0 Å². The third-order valence-corrected chi connectivity index (χ3v) is 11.5. The van der Waals surface area contributed by atoms with Gasteiger partial charge >= 0.3 is 0 Å². The predicted octanol–water partition coefficient (Wildman–Crippen LogP) is 13.4. The summed E-state index contributed by atoms with van der Waals surface area (Å²) in [7, 11) is 0. The zero-order chi connectivity index (χ0) is 33.1. The average molecular weight is 636 g/mol. The fourth-order valence-electron chi connectivity index (χ4n) is 9.37. The van der Waals surface area contributed by atoms with Crippen LogP contribution in [0, 0.1) is 0 Å². The second kappa shape index (κ2) is 9.94. The second-order valence-corrected chi connectivity index (χ2v) is 14.4. The van der Waals surface area contributed by atoms with Crippen molar-refractivity contribution in [3.05, 3.63) is 175 Å². The third kappa shape index (κ3) is 3.56. The van der Waals surface area contributed by atoms with Crippen LogP contribution >= 0.6 is 0 Å². The lowest BCUT2D eigenvalue weighted by Gasteiger charge is -2.21. The first-order chi connectivity index (χ1) is 24.6. The monoisotopic (exact) mass is 635 g/mol. The Morgan fingerprint density at radius 1 is 0.400 bits per heavy atom. The molecule has 234 valence electrons. The molecule has 0 aliphatic heterocycles. The summed E-state index contributed by atoms with van der Waals surface area (Å²) in [5.41, 5.74) is 11.6. The second-order valence-electron chi connectivity index (χ2n) is 14.4. The first-order valence-electron chi connectivity index (χ1n) is 17.6. The Kier molecular flexibility index (Phi) is 5.51. The van der Waals surface area contributed by atoms with Gasteiger partial charge in [-0.05, 0) is 107 Å². The number of hydrogen-bond acceptors (Lipinski definition) is 0. The summed E-state index contributed by atoms with van der Waals surface area (Å²) in [6.07, 6.45) is 0. The summed E-state index contributed by atoms with van der Waals surface area (Å²) >= 11 is 0. The van der Waals surface area contributed by atoms with Crippen molar-refractivity contribution in [1.29, 1.82) is 0 Å². The van der Waals surface area contributed by atoms with Gasteiger partial charge in [0.1, 0.15) is 0 Å². The van der Waals surface area contributed by atoms with E-state index in [-0.39, 0.29) is 5.41 Å². The van der Waals surface area contributed by atoms with Crippen LogP contribution in [0.5, 0.6) is 0 Å². The van der Waals surface area contributed by atoms with E-state index in [0.717, 1.165) is 0 Å². The molecular weight excluding hydrogens is 603 g/mol. The molecule has 1 aliphatic carbocycles. The molecule has 11 rings (SSSR count). The van der Waals surface area contributed by atoms with Crippen molar-refractivity contribution < 1.29 is 0 Å². The fourth-order valence-corrected chi connectivity index (χ4v) is 9.37. The van der Waals surface area contributed by atoms with Crippen molar-refractivity contribution in [1.82, 2.24) is 4.57 Å². The summed E-state index contributed by atoms with van der Waals surface area (Å²) in [6.45, 7) is 4.76. The first-order valence-corrected chi connectivity index (χ1v) is 17.6. The number of para-hydroxylation sites is 2. The highest BCUT2D eigenvalue weighted by atomic mass is 15.0. The molecule has 50 heavy (non-hydrogen) atoms. The first kappa shape index (κ1) is 27.7. The van der Waals surface area contributed by atoms with Gasteiger partial charge in [-0.1, -0.05) is 147 Å². The molecule has 0 saturated carbocycles. The molecule has 0 radical (unpaired) electrons. The molecule has 0 bridgehead atoms. The number of nitrogens with zero attached hydrogens (tertiary/aromatic N) is 1. The maximum absolute atomic E-state index is 2.46. The molecule has 0 saturated heterocycles. The van der Waals surface area contributed by atoms with Crippen LogP contribution in [0.15, 0.2) is 164 Å². The van der Waals surface area contributed by atoms with E-state index in [1.165, 1.54) is 104 Å². The number of hydrogen-bond donors (Lipinski definition) is 0. The van der Waals surface area contributed by atoms with Crippen LogP contribution in [-0.2, 0) is 5.41 Å². The van der Waals surface area contributed by atoms with Gasteiger partial charge in [0.15, 0.2) is 0 Å². The van der Waals surface area contributed by atoms with E-state index in [1.54, 1.807) is 0 Å². The zero-order valence-electron chi connectivity index (χ0n) is 28.0. The Bertz CT molecular complexity index is 2950. The lowest BCUT2D eigenvalue weighted by Crippen LogP contribution is -2.14. The van der Waals surface area contributed by atoms with Crippen LogP contribution in [0.4, 0.5) is 0 Å². The average Bonchev–Trinajstić information content (AvgIpc) is 3.62. The molecule has 1 aromatic heterocycles. The summed E-state index contributed by atoms with van der Waals surface area (Å²) in [4.78, 5) is 0. The van der Waals surface area contributed by atoms with E-state index in [2.05, 4.69) is 182 Å². The minimum Gasteiger partial charge on any atom is -0.309 e. The van der Waals surface area contributed by atoms with Gasteiger partial charge in [0.25, 0.3) is 0 Å². The Morgan fingerprint density at radius 3 is 1.54 bits per heavy atom. The van der Waals surface area contributed by atoms with Crippen LogP contribution in [0.1, 0.15) is 25.0 Å². The molecule has 10 aromatic rings. The van der Waals surface area contributed by atoms with Gasteiger partial charge in [-0.15, -0.1) is 0 Å². The zero-order valence-corrected chi connectivity index (χ0v) is 28.0. The van der Waals surface area contributed by atoms with Crippen molar-refractivity contribution >= 4 is 64.9 Å². The van der Waals surface area contributed by atoms with E-state index in [0.29, 0.717) is 0 Å². The predicted molar refractivity (Wildman–Crippen MR) is 214 cm³/mol. The molecule has 0 spiro atoms. The van der Waals surface area contributed by atoms with Crippen molar-refractivity contribution in [2.24, 2.45) is 0 Å². The van der Waals surface area contributed by atoms with Crippen molar-refractivity contribution in [3.63, 3.8) is 0 Å². The molecule has 9 aromatic carbocycles. The quantitative estimate of drug-likeness (QED) is 0.134. The Labute approximate surface area is 290 Å². The molecule has 1 heteroatoms. The van der Waals surface area contributed by atoms with E-state index in [1.807, 2.05) is 0 Å². The summed E-state index contributed by atoms with van der Waals surface area (Å²) in [6, 6.07) is 61.0. The lowest BCUT2D eigenvalue weighted by molar-refractivity contribution is 0.663. The number of rotatable bonds is 3. The topological polar surface area (TPSA) is 4.93 Å². The summed E-state index contributed by atoms with van der Waals surface area (Å²) < 4.78 is 2.42. The number of fused-ring (bicyclic) bond motifs is 5. The van der Waals surface area contributed by atoms with Gasteiger partial charge in [-0.2, -0.15) is 0 Å². The van der Waals surface area contributed by atoms with Gasteiger partial charge in [-0.3, -0.25) is 0 Å². The molecule has 0 fully saturated rings. The highest BCUT2D eigenvalue weighted by Gasteiger charge is 2.34. The Hall–Kier alpha value is -6.18. The van der Waals surface area contributed by atoms with Crippen LogP contribution in [0.2, 0.25) is 0 Å². The molecule has 1 nitrogen and oxygen atoms in total. The minimum atomic E-state index is -0.0324. The van der Waals surface area contributed by atoms with Crippen LogP contribution in [-0.4, -0.2) is 4.57 Å². The Balaban J connectivity index is 1.23. The van der Waals surface area contributed by atoms with Crippen molar-refractivity contribution in [3.8, 4) is 27.9 Å². The standard InChI is InChI=1S/C49H33N/c1-49(2)41-24-12-15-31-29-40(39-23-13-25-42(49)48(39)46(31)41)47-37-21-5-3-19-35(37)45(36-20-4-6-22-38(36)47)30-14-11-16-32(28-30)50-43-26-9-7-17-33(43)34-18-8-10-27-44(34)50/h3-29H,1-2H3. The van der Waals surface area contributed by atoms with Crippen LogP contribution in [0.25, 0.3) is 92.8 Å². The highest BCUT2D eigenvalue weighted by molar-refractivity contribution is 6.27. The molecule has 1 aliphatic rings. The maximum atomic E-state index is 2.46. The lowest BCUT2D eigenvalue weighted by atomic mass is 9.81. The molecule has 0 amide bonds. The van der Waals surface area contributed by atoms with Gasteiger partial charge in [0, 0.05) is 21.9 Å². The van der Waals surface area contributed by atoms with Gasteiger partial charge in [-0.25, -0.2) is 0 Å². The fraction of sp³-hybridized carbons (Fsp3) is 0.0612. The van der Waals surface area contributed by atoms with Crippen LogP contribution < -0.4 is 0 Å². The van der Waals surface area contributed by atoms with E-state index < -0.39 is 0 Å². The molecule has 0 N–H and O–H groups in total. The maximum Gasteiger partial charge on any atom is 0.0541 e. The summed E-state index contributed by atoms with van der Waals surface area (Å²) in [5.74, 6) is 0. The van der Waals surface area contributed by atoms with E-state index >= 15 is 0 Å². The molecular formula is C49H33N. The van der Waals surface area contributed by atoms with E-state index in [4.69, 9.17) is 0 Å². The van der Waals surface area contributed by atoms with Gasteiger partial charge in [0.05, 0.1) is 11.0 Å². The van der Waals surface area contributed by atoms with Crippen molar-refractivity contribution in [2.45, 2.75) is 19.3 Å². The number of benzene rings is 9. The van der Waals surface area contributed by atoms with Crippen molar-refractivity contribution in [2.75, 3.05) is 0 Å². The highest BCUT2D eigenvalue weighted by Crippen LogP contribution is 2.53.